The Hall–Kier alpha value is -1.63. The summed E-state index contributed by atoms with van der Waals surface area (Å²) < 4.78 is 5.31. The van der Waals surface area contributed by atoms with Crippen LogP contribution in [0.25, 0.3) is 0 Å². The highest BCUT2D eigenvalue weighted by Crippen LogP contribution is 2.19. The van der Waals surface area contributed by atoms with Crippen LogP contribution in [0.2, 0.25) is 0 Å². The fourth-order valence-corrected chi connectivity index (χ4v) is 2.70. The summed E-state index contributed by atoms with van der Waals surface area (Å²) in [6.07, 6.45) is 1.07. The van der Waals surface area contributed by atoms with E-state index in [9.17, 15) is 0 Å². The summed E-state index contributed by atoms with van der Waals surface area (Å²) in [5, 5.41) is 10.7. The molecule has 1 rings (SSSR count). The summed E-state index contributed by atoms with van der Waals surface area (Å²) in [5.74, 6) is 2.04. The van der Waals surface area contributed by atoms with E-state index >= 15 is 0 Å². The van der Waals surface area contributed by atoms with Crippen molar-refractivity contribution in [3.8, 4) is 0 Å². The third-order valence-corrected chi connectivity index (χ3v) is 4.04. The molecule has 0 saturated heterocycles. The summed E-state index contributed by atoms with van der Waals surface area (Å²) in [7, 11) is 0. The van der Waals surface area contributed by atoms with Gasteiger partial charge in [-0.1, -0.05) is 25.9 Å². The molecule has 7 nitrogen and oxygen atoms in total. The largest absolute Gasteiger partial charge is 0.357 e. The Morgan fingerprint density at radius 2 is 1.81 bits per heavy atom. The Kier molecular flexibility index (Phi) is 9.05. The van der Waals surface area contributed by atoms with Crippen molar-refractivity contribution < 1.29 is 4.52 Å². The second-order valence-corrected chi connectivity index (χ2v) is 8.17. The molecule has 0 saturated carbocycles. The van der Waals surface area contributed by atoms with E-state index in [1.54, 1.807) is 0 Å². The lowest BCUT2D eigenvalue weighted by atomic mass is 9.97. The van der Waals surface area contributed by atoms with E-state index in [0.29, 0.717) is 30.3 Å². The van der Waals surface area contributed by atoms with Crippen LogP contribution in [0.3, 0.4) is 0 Å². The standard InChI is InChI=1S/C19H38N6O/c1-9-20-18(21-11-10-12-25(14(2)3)15(4)5)22-13-16-23-17(26-24-16)19(6,7)8/h14-15H,9-13H2,1-8H3,(H2,20,21,22). The van der Waals surface area contributed by atoms with Crippen LogP contribution >= 0.6 is 0 Å². The van der Waals surface area contributed by atoms with Crippen molar-refractivity contribution in [1.29, 1.82) is 0 Å². The smallest absolute Gasteiger partial charge is 0.232 e. The number of aliphatic imine (C=N–C) groups is 1. The summed E-state index contributed by atoms with van der Waals surface area (Å²) in [5.41, 5.74) is -0.142. The highest BCUT2D eigenvalue weighted by Gasteiger charge is 2.21. The molecule has 0 spiro atoms. The predicted octanol–water partition coefficient (Wildman–Crippen LogP) is 2.93. The van der Waals surface area contributed by atoms with Crippen molar-refractivity contribution in [1.82, 2.24) is 25.7 Å². The van der Waals surface area contributed by atoms with Gasteiger partial charge < -0.3 is 15.2 Å². The van der Waals surface area contributed by atoms with Gasteiger partial charge in [0.1, 0.15) is 6.54 Å². The van der Waals surface area contributed by atoms with Gasteiger partial charge in [0.25, 0.3) is 0 Å². The minimum absolute atomic E-state index is 0.142. The highest BCUT2D eigenvalue weighted by molar-refractivity contribution is 5.79. The zero-order chi connectivity index (χ0) is 19.7. The van der Waals surface area contributed by atoms with Gasteiger partial charge in [-0.05, 0) is 41.0 Å². The Morgan fingerprint density at radius 3 is 2.31 bits per heavy atom. The van der Waals surface area contributed by atoms with E-state index in [2.05, 4.69) is 86.1 Å². The van der Waals surface area contributed by atoms with Crippen molar-refractivity contribution in [3.05, 3.63) is 11.7 Å². The van der Waals surface area contributed by atoms with Gasteiger partial charge in [0.2, 0.25) is 5.89 Å². The maximum atomic E-state index is 5.31. The lowest BCUT2D eigenvalue weighted by Crippen LogP contribution is -2.41. The van der Waals surface area contributed by atoms with E-state index in [4.69, 9.17) is 4.52 Å². The molecule has 0 amide bonds. The molecule has 0 atom stereocenters. The third-order valence-electron chi connectivity index (χ3n) is 4.04. The first-order chi connectivity index (χ1) is 12.1. The molecule has 150 valence electrons. The van der Waals surface area contributed by atoms with Gasteiger partial charge in [-0.25, -0.2) is 4.99 Å². The van der Waals surface area contributed by atoms with E-state index < -0.39 is 0 Å². The summed E-state index contributed by atoms with van der Waals surface area (Å²) in [4.78, 5) is 11.5. The Bertz CT molecular complexity index is 536. The highest BCUT2D eigenvalue weighted by atomic mass is 16.5. The third kappa shape index (κ3) is 7.72. The SMILES string of the molecule is CCNC(=NCc1noc(C(C)(C)C)n1)NCCCN(C(C)C)C(C)C. The monoisotopic (exact) mass is 366 g/mol. The van der Waals surface area contributed by atoms with Gasteiger partial charge in [-0.2, -0.15) is 4.98 Å². The molecule has 7 heteroatoms. The number of hydrogen-bond acceptors (Lipinski definition) is 5. The van der Waals surface area contributed by atoms with Gasteiger partial charge >= 0.3 is 0 Å². The van der Waals surface area contributed by atoms with Gasteiger partial charge in [0.05, 0.1) is 0 Å². The quantitative estimate of drug-likeness (QED) is 0.397. The zero-order valence-electron chi connectivity index (χ0n) is 17.9. The molecular weight excluding hydrogens is 328 g/mol. The molecule has 2 N–H and O–H groups in total. The van der Waals surface area contributed by atoms with E-state index in [1.807, 2.05) is 0 Å². The molecule has 26 heavy (non-hydrogen) atoms. The Morgan fingerprint density at radius 1 is 1.15 bits per heavy atom. The fraction of sp³-hybridized carbons (Fsp3) is 0.842. The van der Waals surface area contributed by atoms with Crippen LogP contribution in [0.5, 0.6) is 0 Å². The molecule has 0 bridgehead atoms. The number of rotatable bonds is 9. The molecule has 0 aliphatic carbocycles. The normalized spacial score (nSPS) is 13.1. The predicted molar refractivity (Wildman–Crippen MR) is 107 cm³/mol. The number of guanidine groups is 1. The van der Waals surface area contributed by atoms with E-state index in [1.165, 1.54) is 0 Å². The average Bonchev–Trinajstić information content (AvgIpc) is 3.00. The molecule has 0 radical (unpaired) electrons. The molecular formula is C19H38N6O. The van der Waals surface area contributed by atoms with Gasteiger partial charge in [-0.15, -0.1) is 0 Å². The lowest BCUT2D eigenvalue weighted by Gasteiger charge is -2.30. The van der Waals surface area contributed by atoms with Crippen LogP contribution in [0.15, 0.2) is 9.52 Å². The topological polar surface area (TPSA) is 78.6 Å². The Labute approximate surface area is 159 Å². The molecule has 0 aliphatic rings. The molecule has 0 unspecified atom stereocenters. The maximum absolute atomic E-state index is 5.31. The summed E-state index contributed by atoms with van der Waals surface area (Å²) in [6, 6.07) is 1.12. The van der Waals surface area contributed by atoms with Gasteiger partial charge in [0.15, 0.2) is 11.8 Å². The van der Waals surface area contributed by atoms with Crippen molar-refractivity contribution in [3.63, 3.8) is 0 Å². The maximum Gasteiger partial charge on any atom is 0.232 e. The zero-order valence-corrected chi connectivity index (χ0v) is 17.9. The molecule has 0 aliphatic heterocycles. The molecule has 1 aromatic heterocycles. The summed E-state index contributed by atoms with van der Waals surface area (Å²) in [6.45, 7) is 20.4. The van der Waals surface area contributed by atoms with Crippen LogP contribution in [-0.4, -0.2) is 52.7 Å². The van der Waals surface area contributed by atoms with Crippen LogP contribution in [0.1, 0.15) is 73.5 Å². The number of aromatic nitrogens is 2. The van der Waals surface area contributed by atoms with Gasteiger partial charge in [0, 0.05) is 37.1 Å². The first-order valence-corrected chi connectivity index (χ1v) is 9.76. The van der Waals surface area contributed by atoms with Crippen molar-refractivity contribution in [2.24, 2.45) is 4.99 Å². The first kappa shape index (κ1) is 22.4. The van der Waals surface area contributed by atoms with Crippen molar-refractivity contribution >= 4 is 5.96 Å². The van der Waals surface area contributed by atoms with Crippen LogP contribution < -0.4 is 10.6 Å². The minimum atomic E-state index is -0.142. The minimum Gasteiger partial charge on any atom is -0.357 e. The first-order valence-electron chi connectivity index (χ1n) is 9.76. The number of hydrogen-bond donors (Lipinski definition) is 2. The molecule has 0 aromatic carbocycles. The van der Waals surface area contributed by atoms with Gasteiger partial charge in [-0.3, -0.25) is 4.90 Å². The molecule has 1 aromatic rings. The van der Waals surface area contributed by atoms with Crippen LogP contribution in [-0.2, 0) is 12.0 Å². The van der Waals surface area contributed by atoms with Crippen molar-refractivity contribution in [2.75, 3.05) is 19.6 Å². The fourth-order valence-electron chi connectivity index (χ4n) is 2.70. The van der Waals surface area contributed by atoms with E-state index in [-0.39, 0.29) is 5.41 Å². The molecule has 1 heterocycles. The average molecular weight is 367 g/mol. The number of nitrogens with one attached hydrogen (secondary N) is 2. The van der Waals surface area contributed by atoms with Crippen LogP contribution in [0, 0.1) is 0 Å². The van der Waals surface area contributed by atoms with Crippen LogP contribution in [0.4, 0.5) is 0 Å². The lowest BCUT2D eigenvalue weighted by molar-refractivity contribution is 0.173. The summed E-state index contributed by atoms with van der Waals surface area (Å²) >= 11 is 0. The second-order valence-electron chi connectivity index (χ2n) is 8.17. The number of nitrogens with zero attached hydrogens (tertiary/aromatic N) is 4. The van der Waals surface area contributed by atoms with Crippen molar-refractivity contribution in [2.45, 2.75) is 85.9 Å². The van der Waals surface area contributed by atoms with E-state index in [0.717, 1.165) is 32.0 Å². The Balaban J connectivity index is 2.52. The molecule has 0 fully saturated rings. The second kappa shape index (κ2) is 10.5.